The number of fused-ring (bicyclic) bond motifs is 1. The molecule has 0 radical (unpaired) electrons. The van der Waals surface area contributed by atoms with Crippen molar-refractivity contribution in [2.24, 2.45) is 5.92 Å². The summed E-state index contributed by atoms with van der Waals surface area (Å²) in [6.07, 6.45) is 2.09. The summed E-state index contributed by atoms with van der Waals surface area (Å²) in [5.74, 6) is 0.574. The lowest BCUT2D eigenvalue weighted by Crippen LogP contribution is -2.17. The fraction of sp³-hybridized carbons (Fsp3) is 0.250. The molecule has 0 aliphatic rings. The highest BCUT2D eigenvalue weighted by Gasteiger charge is 2.17. The first kappa shape index (κ1) is 15.0. The molecule has 1 aromatic carbocycles. The highest BCUT2D eigenvalue weighted by Crippen LogP contribution is 2.15. The summed E-state index contributed by atoms with van der Waals surface area (Å²) in [7, 11) is 1.38. The van der Waals surface area contributed by atoms with Gasteiger partial charge in [0.2, 0.25) is 5.95 Å². The minimum absolute atomic E-state index is 0.272. The average Bonchev–Trinajstić information content (AvgIpc) is 2.98. The third kappa shape index (κ3) is 3.28. The second-order valence-electron chi connectivity index (χ2n) is 5.19. The maximum absolute atomic E-state index is 11.6. The summed E-state index contributed by atoms with van der Waals surface area (Å²) in [6.45, 7) is 1.80. The molecule has 2 heterocycles. The molecule has 1 unspecified atom stereocenters. The van der Waals surface area contributed by atoms with Gasteiger partial charge in [-0.25, -0.2) is 4.98 Å². The Hall–Kier alpha value is -2.96. The zero-order valence-electron chi connectivity index (χ0n) is 12.9. The molecule has 0 bridgehead atoms. The Morgan fingerprint density at radius 2 is 2.09 bits per heavy atom. The number of hydrogen-bond donors (Lipinski definition) is 1. The van der Waals surface area contributed by atoms with Crippen LogP contribution in [0.1, 0.15) is 12.7 Å². The lowest BCUT2D eigenvalue weighted by atomic mass is 10.1. The molecule has 2 aromatic heterocycles. The second kappa shape index (κ2) is 6.43. The van der Waals surface area contributed by atoms with Crippen molar-refractivity contribution in [2.45, 2.75) is 13.3 Å². The molecule has 23 heavy (non-hydrogen) atoms. The Balaban J connectivity index is 1.87. The van der Waals surface area contributed by atoms with Gasteiger partial charge in [-0.05, 0) is 12.1 Å². The molecule has 0 aliphatic carbocycles. The Labute approximate surface area is 133 Å². The van der Waals surface area contributed by atoms with Gasteiger partial charge in [-0.15, -0.1) is 5.10 Å². The molecule has 0 amide bonds. The monoisotopic (exact) mass is 311 g/mol. The lowest BCUT2D eigenvalue weighted by molar-refractivity contribution is -0.144. The van der Waals surface area contributed by atoms with E-state index in [9.17, 15) is 4.79 Å². The van der Waals surface area contributed by atoms with E-state index in [-0.39, 0.29) is 11.9 Å². The third-order valence-corrected chi connectivity index (χ3v) is 3.45. The topological polar surface area (TPSA) is 81.4 Å². The van der Waals surface area contributed by atoms with Crippen LogP contribution in [0.2, 0.25) is 0 Å². The number of methoxy groups -OCH3 is 1. The summed E-state index contributed by atoms with van der Waals surface area (Å²) in [6, 6.07) is 11.5. The van der Waals surface area contributed by atoms with Gasteiger partial charge >= 0.3 is 5.97 Å². The van der Waals surface area contributed by atoms with Gasteiger partial charge in [0.05, 0.1) is 13.0 Å². The standard InChI is InChI=1S/C16H17N5O2/c1-11(15(22)23-2)10-14-17-9-8-13-19-16(20-21(13)14)18-12-6-4-3-5-7-12/h3-9,11H,10H2,1-2H3,(H,18,20). The number of nitrogens with one attached hydrogen (secondary N) is 1. The summed E-state index contributed by atoms with van der Waals surface area (Å²) in [4.78, 5) is 20.3. The number of carbonyl (C=O) groups excluding carboxylic acids is 1. The van der Waals surface area contributed by atoms with Gasteiger partial charge in [-0.1, -0.05) is 25.1 Å². The zero-order chi connectivity index (χ0) is 16.2. The van der Waals surface area contributed by atoms with Gasteiger partial charge in [0.1, 0.15) is 5.82 Å². The molecule has 0 fully saturated rings. The third-order valence-electron chi connectivity index (χ3n) is 3.45. The molecule has 1 atom stereocenters. The number of nitrogens with zero attached hydrogens (tertiary/aromatic N) is 4. The number of para-hydroxylation sites is 1. The van der Waals surface area contributed by atoms with E-state index in [0.29, 0.717) is 23.8 Å². The summed E-state index contributed by atoms with van der Waals surface area (Å²) < 4.78 is 6.40. The van der Waals surface area contributed by atoms with Crippen LogP contribution in [-0.4, -0.2) is 32.7 Å². The normalized spacial score (nSPS) is 12.1. The van der Waals surface area contributed by atoms with E-state index >= 15 is 0 Å². The fourth-order valence-electron chi connectivity index (χ4n) is 2.27. The van der Waals surface area contributed by atoms with Crippen LogP contribution in [-0.2, 0) is 16.0 Å². The number of rotatable bonds is 5. The van der Waals surface area contributed by atoms with Crippen LogP contribution in [0.4, 0.5) is 11.6 Å². The van der Waals surface area contributed by atoms with Crippen LogP contribution in [0, 0.1) is 5.92 Å². The van der Waals surface area contributed by atoms with Crippen molar-refractivity contribution in [3.63, 3.8) is 0 Å². The first-order valence-electron chi connectivity index (χ1n) is 7.28. The number of benzene rings is 1. The molecular formula is C16H17N5O2. The molecule has 0 spiro atoms. The van der Waals surface area contributed by atoms with Crippen molar-refractivity contribution in [1.82, 2.24) is 19.6 Å². The Bertz CT molecular complexity index is 816. The summed E-state index contributed by atoms with van der Waals surface area (Å²) in [5, 5.41) is 7.57. The molecule has 7 nitrogen and oxygen atoms in total. The van der Waals surface area contributed by atoms with E-state index in [1.807, 2.05) is 30.3 Å². The van der Waals surface area contributed by atoms with Crippen molar-refractivity contribution < 1.29 is 9.53 Å². The van der Waals surface area contributed by atoms with E-state index in [4.69, 9.17) is 4.74 Å². The van der Waals surface area contributed by atoms with Crippen molar-refractivity contribution in [3.8, 4) is 0 Å². The minimum Gasteiger partial charge on any atom is -0.469 e. The Kier molecular flexibility index (Phi) is 4.18. The predicted molar refractivity (Wildman–Crippen MR) is 85.4 cm³/mol. The average molecular weight is 311 g/mol. The van der Waals surface area contributed by atoms with E-state index in [2.05, 4.69) is 20.4 Å². The Morgan fingerprint density at radius 1 is 1.30 bits per heavy atom. The highest BCUT2D eigenvalue weighted by molar-refractivity contribution is 5.72. The van der Waals surface area contributed by atoms with Crippen LogP contribution in [0.15, 0.2) is 42.6 Å². The molecule has 0 saturated heterocycles. The van der Waals surface area contributed by atoms with Gasteiger partial charge < -0.3 is 10.1 Å². The molecule has 7 heteroatoms. The number of ether oxygens (including phenoxy) is 1. The second-order valence-corrected chi connectivity index (χ2v) is 5.19. The van der Waals surface area contributed by atoms with Crippen LogP contribution in [0.3, 0.4) is 0 Å². The number of aromatic nitrogens is 4. The molecule has 118 valence electrons. The number of anilines is 2. The van der Waals surface area contributed by atoms with E-state index in [1.54, 1.807) is 23.7 Å². The Morgan fingerprint density at radius 3 is 2.83 bits per heavy atom. The highest BCUT2D eigenvalue weighted by atomic mass is 16.5. The van der Waals surface area contributed by atoms with Crippen LogP contribution < -0.4 is 5.32 Å². The maximum atomic E-state index is 11.6. The van der Waals surface area contributed by atoms with Gasteiger partial charge in [-0.3, -0.25) is 4.79 Å². The zero-order valence-corrected chi connectivity index (χ0v) is 12.9. The van der Waals surface area contributed by atoms with Crippen LogP contribution in [0.5, 0.6) is 0 Å². The summed E-state index contributed by atoms with van der Waals surface area (Å²) in [5.41, 5.74) is 1.58. The molecule has 3 rings (SSSR count). The SMILES string of the molecule is COC(=O)C(C)Cc1nccc2nc(Nc3ccccc3)nn12. The fourth-order valence-corrected chi connectivity index (χ4v) is 2.27. The number of carbonyl (C=O) groups is 1. The maximum Gasteiger partial charge on any atom is 0.308 e. The smallest absolute Gasteiger partial charge is 0.308 e. The molecule has 0 saturated carbocycles. The molecule has 0 aliphatic heterocycles. The van der Waals surface area contributed by atoms with Gasteiger partial charge in [-0.2, -0.15) is 9.50 Å². The van der Waals surface area contributed by atoms with E-state index in [1.165, 1.54) is 7.11 Å². The van der Waals surface area contributed by atoms with Crippen molar-refractivity contribution in [3.05, 3.63) is 48.4 Å². The van der Waals surface area contributed by atoms with Crippen molar-refractivity contribution >= 4 is 23.3 Å². The number of hydrogen-bond acceptors (Lipinski definition) is 6. The van der Waals surface area contributed by atoms with Crippen molar-refractivity contribution in [1.29, 1.82) is 0 Å². The number of esters is 1. The van der Waals surface area contributed by atoms with Gasteiger partial charge in [0.25, 0.3) is 0 Å². The quantitative estimate of drug-likeness (QED) is 0.728. The molecule has 1 N–H and O–H groups in total. The largest absolute Gasteiger partial charge is 0.469 e. The van der Waals surface area contributed by atoms with Crippen molar-refractivity contribution in [2.75, 3.05) is 12.4 Å². The minimum atomic E-state index is -0.298. The van der Waals surface area contributed by atoms with Crippen LogP contribution in [0.25, 0.3) is 5.65 Å². The molecule has 3 aromatic rings. The lowest BCUT2D eigenvalue weighted by Gasteiger charge is -2.08. The first-order valence-corrected chi connectivity index (χ1v) is 7.28. The van der Waals surface area contributed by atoms with Gasteiger partial charge in [0, 0.05) is 24.4 Å². The van der Waals surface area contributed by atoms with Gasteiger partial charge in [0.15, 0.2) is 5.65 Å². The first-order chi connectivity index (χ1) is 11.2. The predicted octanol–water partition coefficient (Wildman–Crippen LogP) is 2.22. The van der Waals surface area contributed by atoms with Crippen LogP contribution >= 0.6 is 0 Å². The van der Waals surface area contributed by atoms with E-state index in [0.717, 1.165) is 5.69 Å². The molecular weight excluding hydrogens is 294 g/mol. The summed E-state index contributed by atoms with van der Waals surface area (Å²) >= 11 is 0. The van der Waals surface area contributed by atoms with E-state index < -0.39 is 0 Å².